The minimum absolute atomic E-state index is 0.00178. The van der Waals surface area contributed by atoms with E-state index in [1.165, 1.54) is 38.6 Å². The largest absolute Gasteiger partial charge is 0.387 e. The molecule has 0 aliphatic heterocycles. The summed E-state index contributed by atoms with van der Waals surface area (Å²) in [6.45, 7) is -0.738. The molecule has 4 heterocycles. The van der Waals surface area contributed by atoms with Crippen molar-refractivity contribution >= 4 is 40.0 Å². The van der Waals surface area contributed by atoms with Crippen LogP contribution in [0.1, 0.15) is 30.8 Å². The third kappa shape index (κ3) is 5.35. The van der Waals surface area contributed by atoms with E-state index in [9.17, 15) is 23.1 Å². The van der Waals surface area contributed by atoms with Crippen molar-refractivity contribution in [1.29, 1.82) is 0 Å². The Bertz CT molecular complexity index is 1370. The maximum absolute atomic E-state index is 14.1. The second-order valence-corrected chi connectivity index (χ2v) is 8.58. The minimum Gasteiger partial charge on any atom is -0.387 e. The monoisotopic (exact) mass is 508 g/mol. The van der Waals surface area contributed by atoms with Crippen molar-refractivity contribution < 1.29 is 23.1 Å². The number of imidazole rings is 1. The lowest BCUT2D eigenvalue weighted by molar-refractivity contribution is -0.00177. The molecule has 0 bridgehead atoms. The van der Waals surface area contributed by atoms with Crippen LogP contribution in [0.5, 0.6) is 0 Å². The Kier molecular flexibility index (Phi) is 6.63. The topological polar surface area (TPSA) is 123 Å². The van der Waals surface area contributed by atoms with Gasteiger partial charge in [0.1, 0.15) is 23.8 Å². The van der Waals surface area contributed by atoms with Gasteiger partial charge >= 0.3 is 6.55 Å². The van der Waals surface area contributed by atoms with Crippen LogP contribution in [0.25, 0.3) is 17.0 Å². The molecule has 4 aromatic rings. The number of nitrogens with zero attached hydrogens (tertiary/aromatic N) is 6. The highest BCUT2D eigenvalue weighted by Gasteiger charge is 2.27. The van der Waals surface area contributed by atoms with E-state index in [2.05, 4.69) is 30.7 Å². The van der Waals surface area contributed by atoms with E-state index < -0.39 is 30.8 Å². The van der Waals surface area contributed by atoms with Gasteiger partial charge in [-0.1, -0.05) is 11.6 Å². The Morgan fingerprint density at radius 1 is 1.17 bits per heavy atom. The van der Waals surface area contributed by atoms with Crippen LogP contribution < -0.4 is 10.6 Å². The van der Waals surface area contributed by atoms with Crippen LogP contribution in [0.2, 0.25) is 5.02 Å². The van der Waals surface area contributed by atoms with Crippen molar-refractivity contribution in [2.75, 3.05) is 11.9 Å². The average Bonchev–Trinajstić information content (AvgIpc) is 3.43. The smallest absolute Gasteiger partial charge is 0.333 e. The van der Waals surface area contributed by atoms with Gasteiger partial charge in [0, 0.05) is 18.5 Å². The fourth-order valence-electron chi connectivity index (χ4n) is 3.10. The number of pyridine rings is 2. The summed E-state index contributed by atoms with van der Waals surface area (Å²) in [5.74, 6) is -0.386. The van der Waals surface area contributed by atoms with E-state index in [1.54, 1.807) is 10.6 Å². The summed E-state index contributed by atoms with van der Waals surface area (Å²) in [5.41, 5.74) is -0.344. The van der Waals surface area contributed by atoms with Crippen molar-refractivity contribution in [2.24, 2.45) is 0 Å². The lowest BCUT2D eigenvalue weighted by atomic mass is 10.0. The van der Waals surface area contributed by atoms with Crippen LogP contribution in [-0.2, 0) is 0 Å². The molecular weight excluding hydrogens is 489 g/mol. The SMILES string of the molecule is CC(C)(O)C(F)CNC(=O)c1cnc(-n2cnc3cc(Cl)cnc32)cc1Nc1cnn(C(F)F)c1. The third-order valence-corrected chi connectivity index (χ3v) is 5.23. The number of anilines is 2. The predicted octanol–water partition coefficient (Wildman–Crippen LogP) is 3.64. The maximum atomic E-state index is 14.1. The van der Waals surface area contributed by atoms with Gasteiger partial charge in [-0.15, -0.1) is 0 Å². The molecular formula is C21H20ClF3N8O2. The van der Waals surface area contributed by atoms with Crippen LogP contribution in [0.4, 0.5) is 24.5 Å². The zero-order valence-electron chi connectivity index (χ0n) is 18.5. The molecule has 0 aromatic carbocycles. The molecule has 3 N–H and O–H groups in total. The first-order valence-electron chi connectivity index (χ1n) is 10.3. The van der Waals surface area contributed by atoms with Crippen molar-refractivity contribution in [3.05, 3.63) is 53.8 Å². The van der Waals surface area contributed by atoms with Gasteiger partial charge in [-0.05, 0) is 19.9 Å². The van der Waals surface area contributed by atoms with Gasteiger partial charge in [0.25, 0.3) is 5.91 Å². The second-order valence-electron chi connectivity index (χ2n) is 8.14. The summed E-state index contributed by atoms with van der Waals surface area (Å²) >= 11 is 5.96. The number of rotatable bonds is 8. The fourth-order valence-corrected chi connectivity index (χ4v) is 3.25. The van der Waals surface area contributed by atoms with Crippen LogP contribution in [0.3, 0.4) is 0 Å². The quantitative estimate of drug-likeness (QED) is 0.332. The molecule has 4 aromatic heterocycles. The fraction of sp³-hybridized carbons (Fsp3) is 0.286. The lowest BCUT2D eigenvalue weighted by Crippen LogP contribution is -2.42. The zero-order chi connectivity index (χ0) is 25.3. The second kappa shape index (κ2) is 9.50. The lowest BCUT2D eigenvalue weighted by Gasteiger charge is -2.22. The Labute approximate surface area is 201 Å². The van der Waals surface area contributed by atoms with Gasteiger partial charge in [-0.2, -0.15) is 13.9 Å². The molecule has 14 heteroatoms. The van der Waals surface area contributed by atoms with Crippen LogP contribution in [0.15, 0.2) is 43.2 Å². The number of aliphatic hydroxyl groups is 1. The Hall–Kier alpha value is -3.71. The van der Waals surface area contributed by atoms with E-state index in [1.807, 2.05) is 0 Å². The molecule has 0 saturated heterocycles. The molecule has 10 nitrogen and oxygen atoms in total. The third-order valence-electron chi connectivity index (χ3n) is 5.02. The van der Waals surface area contributed by atoms with Crippen LogP contribution in [0, 0.1) is 0 Å². The van der Waals surface area contributed by atoms with Gasteiger partial charge in [-0.25, -0.2) is 24.0 Å². The van der Waals surface area contributed by atoms with E-state index in [4.69, 9.17) is 11.6 Å². The van der Waals surface area contributed by atoms with Gasteiger partial charge in [0.05, 0.1) is 46.5 Å². The van der Waals surface area contributed by atoms with Crippen molar-refractivity contribution in [3.8, 4) is 5.82 Å². The van der Waals surface area contributed by atoms with Gasteiger partial charge in [0.15, 0.2) is 5.65 Å². The minimum atomic E-state index is -2.85. The Morgan fingerprint density at radius 2 is 1.94 bits per heavy atom. The highest BCUT2D eigenvalue weighted by molar-refractivity contribution is 6.31. The van der Waals surface area contributed by atoms with Crippen molar-refractivity contribution in [1.82, 2.24) is 34.6 Å². The summed E-state index contributed by atoms with van der Waals surface area (Å²) in [5, 5.41) is 19.0. The Balaban J connectivity index is 1.70. The van der Waals surface area contributed by atoms with Crippen molar-refractivity contribution in [3.63, 3.8) is 0 Å². The molecule has 1 amide bonds. The summed E-state index contributed by atoms with van der Waals surface area (Å²) in [6, 6.07) is 3.10. The summed E-state index contributed by atoms with van der Waals surface area (Å²) in [4.78, 5) is 25.6. The number of hydrogen-bond donors (Lipinski definition) is 3. The van der Waals surface area contributed by atoms with Gasteiger partial charge in [0.2, 0.25) is 0 Å². The number of alkyl halides is 3. The van der Waals surface area contributed by atoms with Gasteiger partial charge < -0.3 is 15.7 Å². The first kappa shape index (κ1) is 24.4. The number of amides is 1. The predicted molar refractivity (Wildman–Crippen MR) is 122 cm³/mol. The zero-order valence-corrected chi connectivity index (χ0v) is 19.2. The Morgan fingerprint density at radius 3 is 2.63 bits per heavy atom. The molecule has 0 saturated carbocycles. The highest BCUT2D eigenvalue weighted by Crippen LogP contribution is 2.26. The summed E-state index contributed by atoms with van der Waals surface area (Å²) in [6.07, 6.45) is 4.65. The molecule has 184 valence electrons. The molecule has 0 radical (unpaired) electrons. The van der Waals surface area contributed by atoms with E-state index in [-0.39, 0.29) is 16.9 Å². The number of aromatic nitrogens is 6. The number of hydrogen-bond acceptors (Lipinski definition) is 7. The molecule has 0 aliphatic rings. The number of halogens is 4. The first-order chi connectivity index (χ1) is 16.5. The van der Waals surface area contributed by atoms with Crippen LogP contribution in [-0.4, -0.2) is 58.6 Å². The summed E-state index contributed by atoms with van der Waals surface area (Å²) in [7, 11) is 0. The van der Waals surface area contributed by atoms with E-state index in [0.717, 1.165) is 12.4 Å². The normalized spacial score (nSPS) is 12.8. The molecule has 35 heavy (non-hydrogen) atoms. The van der Waals surface area contributed by atoms with Crippen molar-refractivity contribution in [2.45, 2.75) is 32.2 Å². The average molecular weight is 509 g/mol. The molecule has 0 aliphatic carbocycles. The number of fused-ring (bicyclic) bond motifs is 1. The standard InChI is InChI=1S/C21H20ClF3N8O2/c1-21(2,35)16(23)8-28-19(34)13-7-26-17(32-10-29-15-3-11(22)5-27-18(15)32)4-14(13)31-12-6-30-33(9-12)20(24)25/h3-7,9-10,16,20,35H,8H2,1-2H3,(H,26,31)(H,28,34). The molecule has 1 unspecified atom stereocenters. The molecule has 0 spiro atoms. The van der Waals surface area contributed by atoms with E-state index >= 15 is 0 Å². The van der Waals surface area contributed by atoms with Gasteiger partial charge in [-0.3, -0.25) is 9.36 Å². The first-order valence-corrected chi connectivity index (χ1v) is 10.6. The molecule has 4 rings (SSSR count). The number of carbonyl (C=O) groups excluding carboxylic acids is 1. The maximum Gasteiger partial charge on any atom is 0.333 e. The van der Waals surface area contributed by atoms with E-state index in [0.29, 0.717) is 26.7 Å². The molecule has 0 fully saturated rings. The number of nitrogens with one attached hydrogen (secondary N) is 2. The van der Waals surface area contributed by atoms with Crippen LogP contribution >= 0.6 is 11.6 Å². The summed E-state index contributed by atoms with van der Waals surface area (Å²) < 4.78 is 42.0. The molecule has 1 atom stereocenters. The number of carbonyl (C=O) groups is 1. The highest BCUT2D eigenvalue weighted by atomic mass is 35.5.